The van der Waals surface area contributed by atoms with E-state index in [2.05, 4.69) is 12.2 Å². The molecule has 1 radical (unpaired) electrons. The van der Waals surface area contributed by atoms with E-state index in [-0.39, 0.29) is 6.04 Å². The fourth-order valence-electron chi connectivity index (χ4n) is 0.435. The van der Waals surface area contributed by atoms with Crippen molar-refractivity contribution in [2.75, 3.05) is 6.54 Å². The average molecular weight is 132 g/mol. The third kappa shape index (κ3) is 4.39. The predicted molar refractivity (Wildman–Crippen MR) is 35.7 cm³/mol. The van der Waals surface area contributed by atoms with Crippen LogP contribution in [0.15, 0.2) is 0 Å². The third-order valence-electron chi connectivity index (χ3n) is 1.09. The summed E-state index contributed by atoms with van der Waals surface area (Å²) in [6.45, 7) is 6.02. The van der Waals surface area contributed by atoms with Gasteiger partial charge in [0.2, 0.25) is 0 Å². The van der Waals surface area contributed by atoms with Crippen molar-refractivity contribution in [1.29, 1.82) is 0 Å². The lowest BCUT2D eigenvalue weighted by Crippen LogP contribution is -2.37. The van der Waals surface area contributed by atoms with Crippen molar-refractivity contribution in [2.45, 2.75) is 25.7 Å². The van der Waals surface area contributed by atoms with Crippen LogP contribution in [-0.4, -0.2) is 29.1 Å². The minimum atomic E-state index is -1.27. The van der Waals surface area contributed by atoms with Crippen molar-refractivity contribution in [2.24, 2.45) is 0 Å². The summed E-state index contributed by atoms with van der Waals surface area (Å²) in [6, 6.07) is -0.258. The second-order valence-corrected chi connectivity index (χ2v) is 2.01. The second kappa shape index (κ2) is 4.73. The van der Waals surface area contributed by atoms with Gasteiger partial charge in [-0.2, -0.15) is 0 Å². The molecule has 0 aliphatic rings. The molecule has 0 fully saturated rings. The van der Waals surface area contributed by atoms with Crippen LogP contribution in [-0.2, 0) is 0 Å². The first-order valence-electron chi connectivity index (χ1n) is 3.07. The zero-order valence-corrected chi connectivity index (χ0v) is 5.67. The largest absolute Gasteiger partial charge is 0.367 e. The summed E-state index contributed by atoms with van der Waals surface area (Å²) in [6.07, 6.45) is -0.506. The van der Waals surface area contributed by atoms with Crippen LogP contribution in [0, 0.1) is 6.92 Å². The first-order chi connectivity index (χ1) is 4.18. The van der Waals surface area contributed by atoms with Gasteiger partial charge in [-0.25, -0.2) is 0 Å². The molecule has 0 bridgehead atoms. The summed E-state index contributed by atoms with van der Waals surface area (Å²) < 4.78 is 0. The normalized spacial score (nSPS) is 14.3. The molecule has 0 aliphatic heterocycles. The quantitative estimate of drug-likeness (QED) is 0.452. The Kier molecular flexibility index (Phi) is 4.67. The molecule has 0 aliphatic carbocycles. The molecule has 1 unspecified atom stereocenters. The van der Waals surface area contributed by atoms with E-state index in [9.17, 15) is 0 Å². The van der Waals surface area contributed by atoms with Crippen LogP contribution in [0.1, 0.15) is 13.3 Å². The van der Waals surface area contributed by atoms with Gasteiger partial charge < -0.3 is 15.5 Å². The van der Waals surface area contributed by atoms with Gasteiger partial charge in [-0.15, -0.1) is 0 Å². The number of nitrogens with one attached hydrogen (secondary N) is 1. The number of rotatable bonds is 4. The lowest BCUT2D eigenvalue weighted by molar-refractivity contribution is -0.0622. The van der Waals surface area contributed by atoms with Gasteiger partial charge in [0.15, 0.2) is 6.29 Å². The molecule has 3 heteroatoms. The molecular formula is C6H14NO2. The monoisotopic (exact) mass is 132 g/mol. The van der Waals surface area contributed by atoms with E-state index >= 15 is 0 Å². The lowest BCUT2D eigenvalue weighted by atomic mass is 10.3. The third-order valence-corrected chi connectivity index (χ3v) is 1.09. The van der Waals surface area contributed by atoms with E-state index in [1.807, 2.05) is 0 Å². The van der Waals surface area contributed by atoms with Gasteiger partial charge in [-0.1, -0.05) is 6.92 Å². The minimum absolute atomic E-state index is 0.258. The standard InChI is InChI=1S/C6H14NO2/c1-3-4-7-5(2)6(8)9/h5-9H,1,3-4H2,2H3. The average Bonchev–Trinajstić information content (AvgIpc) is 1.82. The molecule has 1 atom stereocenters. The maximum Gasteiger partial charge on any atom is 0.166 e. The highest BCUT2D eigenvalue weighted by molar-refractivity contribution is 4.61. The van der Waals surface area contributed by atoms with Gasteiger partial charge in [0.1, 0.15) is 0 Å². The van der Waals surface area contributed by atoms with Crippen molar-refractivity contribution < 1.29 is 10.2 Å². The van der Waals surface area contributed by atoms with Crippen LogP contribution in [0.25, 0.3) is 0 Å². The van der Waals surface area contributed by atoms with Crippen LogP contribution in [0.5, 0.6) is 0 Å². The van der Waals surface area contributed by atoms with Crippen LogP contribution >= 0.6 is 0 Å². The minimum Gasteiger partial charge on any atom is -0.367 e. The van der Waals surface area contributed by atoms with Crippen molar-refractivity contribution in [1.82, 2.24) is 5.32 Å². The topological polar surface area (TPSA) is 52.5 Å². The molecule has 0 aromatic rings. The van der Waals surface area contributed by atoms with Crippen LogP contribution in [0.3, 0.4) is 0 Å². The second-order valence-electron chi connectivity index (χ2n) is 2.01. The maximum atomic E-state index is 8.52. The molecular weight excluding hydrogens is 118 g/mol. The highest BCUT2D eigenvalue weighted by Gasteiger charge is 2.06. The lowest BCUT2D eigenvalue weighted by Gasteiger charge is -2.13. The van der Waals surface area contributed by atoms with Gasteiger partial charge in [0.25, 0.3) is 0 Å². The molecule has 0 saturated carbocycles. The zero-order valence-electron chi connectivity index (χ0n) is 5.67. The van der Waals surface area contributed by atoms with Crippen molar-refractivity contribution >= 4 is 0 Å². The molecule has 0 saturated heterocycles. The van der Waals surface area contributed by atoms with Gasteiger partial charge in [-0.05, 0) is 19.9 Å². The van der Waals surface area contributed by atoms with E-state index < -0.39 is 6.29 Å². The zero-order chi connectivity index (χ0) is 7.28. The number of aliphatic hydroxyl groups excluding tert-OH is 1. The van der Waals surface area contributed by atoms with Crippen molar-refractivity contribution in [3.05, 3.63) is 6.92 Å². The number of aliphatic hydroxyl groups is 2. The molecule has 0 aromatic carbocycles. The van der Waals surface area contributed by atoms with Crippen molar-refractivity contribution in [3.8, 4) is 0 Å². The van der Waals surface area contributed by atoms with Gasteiger partial charge in [0, 0.05) is 0 Å². The van der Waals surface area contributed by atoms with Crippen LogP contribution in [0.4, 0.5) is 0 Å². The molecule has 3 N–H and O–H groups in total. The van der Waals surface area contributed by atoms with Crippen LogP contribution < -0.4 is 5.32 Å². The van der Waals surface area contributed by atoms with Crippen molar-refractivity contribution in [3.63, 3.8) is 0 Å². The Hall–Kier alpha value is -0.120. The number of hydrogen-bond donors (Lipinski definition) is 3. The van der Waals surface area contributed by atoms with E-state index in [0.29, 0.717) is 0 Å². The maximum absolute atomic E-state index is 8.52. The smallest absolute Gasteiger partial charge is 0.166 e. The summed E-state index contributed by atoms with van der Waals surface area (Å²) in [5, 5.41) is 19.9. The van der Waals surface area contributed by atoms with E-state index in [4.69, 9.17) is 10.2 Å². The fraction of sp³-hybridized carbons (Fsp3) is 0.833. The highest BCUT2D eigenvalue weighted by atomic mass is 16.5. The Morgan fingerprint density at radius 3 is 2.44 bits per heavy atom. The molecule has 0 aromatic heterocycles. The first kappa shape index (κ1) is 8.88. The molecule has 55 valence electrons. The summed E-state index contributed by atoms with van der Waals surface area (Å²) in [5.41, 5.74) is 0. The Morgan fingerprint density at radius 2 is 2.11 bits per heavy atom. The predicted octanol–water partition coefficient (Wildman–Crippen LogP) is -0.501. The Labute approximate surface area is 55.7 Å². The Balaban J connectivity index is 3.16. The molecule has 3 nitrogen and oxygen atoms in total. The highest BCUT2D eigenvalue weighted by Crippen LogP contribution is 1.86. The summed E-state index contributed by atoms with van der Waals surface area (Å²) in [4.78, 5) is 0. The SMILES string of the molecule is [CH2]CCNC(C)C(O)O. The Bertz CT molecular complexity index is 66.1. The first-order valence-corrected chi connectivity index (χ1v) is 3.07. The van der Waals surface area contributed by atoms with Gasteiger partial charge >= 0.3 is 0 Å². The van der Waals surface area contributed by atoms with E-state index in [0.717, 1.165) is 13.0 Å². The van der Waals surface area contributed by atoms with Crippen LogP contribution in [0.2, 0.25) is 0 Å². The summed E-state index contributed by atoms with van der Waals surface area (Å²) in [7, 11) is 0. The Morgan fingerprint density at radius 1 is 1.56 bits per heavy atom. The van der Waals surface area contributed by atoms with E-state index in [1.165, 1.54) is 0 Å². The number of hydrogen-bond acceptors (Lipinski definition) is 3. The molecule has 0 rings (SSSR count). The van der Waals surface area contributed by atoms with Gasteiger partial charge in [-0.3, -0.25) is 0 Å². The summed E-state index contributed by atoms with van der Waals surface area (Å²) in [5.74, 6) is 0. The summed E-state index contributed by atoms with van der Waals surface area (Å²) >= 11 is 0. The van der Waals surface area contributed by atoms with Gasteiger partial charge in [0.05, 0.1) is 6.04 Å². The fourth-order valence-corrected chi connectivity index (χ4v) is 0.435. The molecule has 0 heterocycles. The molecule has 0 amide bonds. The molecule has 0 spiro atoms. The van der Waals surface area contributed by atoms with E-state index in [1.54, 1.807) is 6.92 Å². The molecule has 9 heavy (non-hydrogen) atoms.